The second kappa shape index (κ2) is 27.6. The highest BCUT2D eigenvalue weighted by Gasteiger charge is 2.42. The van der Waals surface area contributed by atoms with E-state index in [9.17, 15) is 0 Å². The van der Waals surface area contributed by atoms with Crippen LogP contribution in [0, 0.1) is 20.8 Å². The molecule has 8 aromatic heterocycles. The zero-order valence-corrected chi connectivity index (χ0v) is 59.3. The molecule has 0 saturated heterocycles. The molecule has 0 spiro atoms. The molecule has 486 valence electrons. The van der Waals surface area contributed by atoms with Gasteiger partial charge in [-0.2, -0.15) is 18.3 Å². The molecule has 95 heavy (non-hydrogen) atoms. The Bertz CT molecular complexity index is 4390. The van der Waals surface area contributed by atoms with Gasteiger partial charge in [-0.25, -0.2) is 37.9 Å². The summed E-state index contributed by atoms with van der Waals surface area (Å²) in [4.78, 5) is 18.5. The summed E-state index contributed by atoms with van der Waals surface area (Å²) in [5.41, 5.74) is 18.5. The molecule has 0 radical (unpaired) electrons. The summed E-state index contributed by atoms with van der Waals surface area (Å²) in [6, 6.07) is 62.6. The van der Waals surface area contributed by atoms with Gasteiger partial charge in [-0.3, -0.25) is 0 Å². The smallest absolute Gasteiger partial charge is 0.283 e. The highest BCUT2D eigenvalue weighted by molar-refractivity contribution is 5.83. The number of rotatable bonds is 8. The van der Waals surface area contributed by atoms with Gasteiger partial charge in [-0.05, 0) is 144 Å². The van der Waals surface area contributed by atoms with Crippen molar-refractivity contribution in [3.05, 3.63) is 242 Å². The quantitative estimate of drug-likeness (QED) is 0.140. The van der Waals surface area contributed by atoms with Crippen molar-refractivity contribution < 1.29 is 36.5 Å². The van der Waals surface area contributed by atoms with E-state index < -0.39 is 0 Å². The van der Waals surface area contributed by atoms with Crippen molar-refractivity contribution in [1.29, 1.82) is 0 Å². The monoisotopic (exact) mass is 1270 g/mol. The minimum atomic E-state index is 0.264. The molecule has 14 rings (SSSR count). The third-order valence-electron chi connectivity index (χ3n) is 19.7. The fourth-order valence-electron chi connectivity index (χ4n) is 13.4. The maximum absolute atomic E-state index is 2.41. The topological polar surface area (TPSA) is 57.0 Å². The molecule has 16 nitrogen and oxygen atoms in total. The number of fused-ring (bicyclic) bond motifs is 2. The van der Waals surface area contributed by atoms with E-state index in [1.54, 1.807) is 0 Å². The number of para-hydroxylation sites is 4. The van der Waals surface area contributed by atoms with Crippen LogP contribution in [0.3, 0.4) is 0 Å². The molecule has 2 aromatic carbocycles. The number of benzene rings is 2. The average Bonchev–Trinajstić information content (AvgIpc) is 1.63. The Hall–Kier alpha value is -10.5. The van der Waals surface area contributed by atoms with Gasteiger partial charge in [0.05, 0.1) is 39.6 Å². The fourth-order valence-corrected chi connectivity index (χ4v) is 13.4. The van der Waals surface area contributed by atoms with Crippen molar-refractivity contribution in [2.75, 3.05) is 57.6 Å². The van der Waals surface area contributed by atoms with Crippen molar-refractivity contribution in [2.24, 2.45) is 56.4 Å². The predicted octanol–water partition coefficient (Wildman–Crippen LogP) is 9.94. The summed E-state index contributed by atoms with van der Waals surface area (Å²) in [6.45, 7) is 15.3. The first kappa shape index (κ1) is 66.0. The average molecular weight is 1270 g/mol. The molecule has 0 saturated carbocycles. The summed E-state index contributed by atoms with van der Waals surface area (Å²) >= 11 is 0. The van der Waals surface area contributed by atoms with Crippen molar-refractivity contribution in [3.8, 4) is 45.6 Å². The normalized spacial score (nSPS) is 16.7. The van der Waals surface area contributed by atoms with Crippen LogP contribution in [-0.4, -0.2) is 62.7 Å². The summed E-state index contributed by atoms with van der Waals surface area (Å²) < 4.78 is 17.8. The Morgan fingerprint density at radius 2 is 0.568 bits per heavy atom. The molecule has 16 heteroatoms. The van der Waals surface area contributed by atoms with Crippen LogP contribution in [0.4, 0.5) is 46.0 Å². The minimum Gasteiger partial charge on any atom is -0.339 e. The van der Waals surface area contributed by atoms with Crippen LogP contribution in [-0.2, 0) is 56.4 Å². The fraction of sp³-hybridized carbons (Fsp3) is 0.291. The predicted molar refractivity (Wildman–Crippen MR) is 382 cm³/mol. The van der Waals surface area contributed by atoms with E-state index in [4.69, 9.17) is 0 Å². The van der Waals surface area contributed by atoms with Crippen LogP contribution in [0.25, 0.3) is 45.6 Å². The van der Waals surface area contributed by atoms with E-state index in [0.717, 1.165) is 0 Å². The van der Waals surface area contributed by atoms with Crippen LogP contribution in [0.2, 0.25) is 0 Å². The summed E-state index contributed by atoms with van der Waals surface area (Å²) in [5.74, 6) is 4.75. The van der Waals surface area contributed by atoms with E-state index in [0.29, 0.717) is 12.3 Å². The van der Waals surface area contributed by atoms with Crippen molar-refractivity contribution >= 4 is 46.0 Å². The van der Waals surface area contributed by atoms with Gasteiger partial charge in [0.1, 0.15) is 40.6 Å². The number of aryl methyl sites for hydroxylation is 7. The molecule has 4 aliphatic heterocycles. The molecule has 0 aliphatic carbocycles. The SMILES string of the molecule is C[C@H]1N(C)c2ccccc2N1c1cccc(-c2cccc[n+]2C)[n+]1C.Cc1cc[n+](C)c(-c2cccc(N3C=CN(C)[C@@H]3C)[n+]2C)c1.Cc1cc[n+](C)c(-c2cccc(N3C=CN(C)[C@@H]3C)[n+]2C)c1.Cc1cc[n+](C)c(-c2cccc(N3c4ccccc4N(C)[C@@H]3C)[n+]2C)c1. The molecule has 10 aromatic rings. The van der Waals surface area contributed by atoms with Gasteiger partial charge in [-0.15, -0.1) is 0 Å². The van der Waals surface area contributed by atoms with E-state index in [1.807, 2.05) is 0 Å². The first-order chi connectivity index (χ1) is 45.6. The highest BCUT2D eigenvalue weighted by atomic mass is 15.4. The van der Waals surface area contributed by atoms with Gasteiger partial charge in [0, 0.05) is 113 Å². The van der Waals surface area contributed by atoms with Crippen LogP contribution in [0.1, 0.15) is 44.4 Å². The van der Waals surface area contributed by atoms with E-state index >= 15 is 0 Å². The molecule has 4 aliphatic rings. The molecule has 0 amide bonds. The number of hydrogen-bond donors (Lipinski definition) is 0. The van der Waals surface area contributed by atoms with E-state index in [1.165, 1.54) is 108 Å². The summed E-state index contributed by atoms with van der Waals surface area (Å²) in [6.07, 6.45) is 18.1. The molecule has 4 atom stereocenters. The minimum absolute atomic E-state index is 0.264. The maximum Gasteiger partial charge on any atom is 0.283 e. The van der Waals surface area contributed by atoms with Crippen molar-refractivity contribution in [2.45, 2.75) is 73.1 Å². The van der Waals surface area contributed by atoms with Gasteiger partial charge in [0.15, 0.2) is 83.6 Å². The molecule has 0 unspecified atom stereocenters. The zero-order chi connectivity index (χ0) is 67.7. The lowest BCUT2D eigenvalue weighted by atomic mass is 10.1. The maximum atomic E-state index is 2.41. The number of hydrogen-bond acceptors (Lipinski definition) is 8. The third-order valence-corrected chi connectivity index (χ3v) is 19.7. The van der Waals surface area contributed by atoms with Gasteiger partial charge in [0.2, 0.25) is 0 Å². The molecule has 12 heterocycles. The lowest BCUT2D eigenvalue weighted by Gasteiger charge is -2.22. The number of pyridine rings is 8. The molecule has 0 bridgehead atoms. The Balaban J connectivity index is 0.000000129. The molecule has 0 fully saturated rings. The lowest BCUT2D eigenvalue weighted by Crippen LogP contribution is -2.46. The molecule has 0 N–H and O–H groups in total. The first-order valence-electron chi connectivity index (χ1n) is 33.0. The number of anilines is 8. The third kappa shape index (κ3) is 12.9. The Kier molecular flexibility index (Phi) is 19.2. The van der Waals surface area contributed by atoms with Crippen molar-refractivity contribution in [3.63, 3.8) is 0 Å². The highest BCUT2D eigenvalue weighted by Crippen LogP contribution is 2.43. The van der Waals surface area contributed by atoms with E-state index in [2.05, 4.69) is 434 Å². The lowest BCUT2D eigenvalue weighted by molar-refractivity contribution is -0.684. The Morgan fingerprint density at radius 3 is 0.905 bits per heavy atom. The van der Waals surface area contributed by atoms with Crippen LogP contribution in [0.5, 0.6) is 0 Å². The molecular formula is C79H98N16+8. The number of nitrogens with zero attached hydrogens (tertiary/aromatic N) is 16. The van der Waals surface area contributed by atoms with Gasteiger partial charge >= 0.3 is 0 Å². The van der Waals surface area contributed by atoms with Crippen LogP contribution in [0.15, 0.2) is 226 Å². The van der Waals surface area contributed by atoms with Crippen molar-refractivity contribution in [1.82, 2.24) is 9.80 Å². The summed E-state index contributed by atoms with van der Waals surface area (Å²) in [7, 11) is 25.5. The number of aromatic nitrogens is 8. The zero-order valence-electron chi connectivity index (χ0n) is 59.3. The summed E-state index contributed by atoms with van der Waals surface area (Å²) in [5, 5.41) is 0. The first-order valence-corrected chi connectivity index (χ1v) is 33.0. The van der Waals surface area contributed by atoms with Gasteiger partial charge in [0.25, 0.3) is 46.0 Å². The second-order valence-electron chi connectivity index (χ2n) is 25.8. The Labute approximate surface area is 564 Å². The van der Waals surface area contributed by atoms with Gasteiger partial charge in [-0.1, -0.05) is 24.3 Å². The second-order valence-corrected chi connectivity index (χ2v) is 25.8. The van der Waals surface area contributed by atoms with Crippen LogP contribution < -0.4 is 65.9 Å². The van der Waals surface area contributed by atoms with Crippen LogP contribution >= 0.6 is 0 Å². The van der Waals surface area contributed by atoms with Gasteiger partial charge < -0.3 is 19.6 Å². The largest absolute Gasteiger partial charge is 0.339 e. The Morgan fingerprint density at radius 1 is 0.274 bits per heavy atom. The molecular weight excluding hydrogens is 1170 g/mol. The van der Waals surface area contributed by atoms with E-state index in [-0.39, 0.29) is 12.3 Å². The standard InChI is InChI=1S/C22H26N4.C21H24N4.2C18H24N4/c1-16-13-14-23(3)21(15-16)19-11-8-12-22(25(19)5)26-17(2)24(4)18-9-6-7-10-20(18)26;1-16-23(3)19-11-5-6-12-20(19)25(16)21-14-9-13-18(24(21)4)17-10-7-8-15-22(17)2;2*1-14-9-10-20(4)17(13-14)16-7-6-8-18(21(16)5)22-12-11-19(3)15(22)2/h6-15,17H,1-5H3;5-16H,1-4H3;2*6-13,15H,1-5H3/q4*+2/t17-;16-;2*15-/m0000/s1.